The van der Waals surface area contributed by atoms with Crippen LogP contribution in [0.2, 0.25) is 0 Å². The second-order valence-electron chi connectivity index (χ2n) is 9.87. The molecule has 3 heterocycles. The molecule has 1 amide bonds. The first-order chi connectivity index (χ1) is 15.4. The maximum absolute atomic E-state index is 12.3. The van der Waals surface area contributed by atoms with Crippen molar-refractivity contribution in [2.24, 2.45) is 17.3 Å². The van der Waals surface area contributed by atoms with Gasteiger partial charge in [-0.3, -0.25) is 9.78 Å². The highest BCUT2D eigenvalue weighted by molar-refractivity contribution is 5.98. The van der Waals surface area contributed by atoms with E-state index in [2.05, 4.69) is 27.2 Å². The number of hydrogen-bond acceptors (Lipinski definition) is 6. The zero-order valence-electron chi connectivity index (χ0n) is 18.1. The summed E-state index contributed by atoms with van der Waals surface area (Å²) in [6.45, 7) is 2.08. The number of pyridine rings is 3. The van der Waals surface area contributed by atoms with Gasteiger partial charge < -0.3 is 16.2 Å². The Morgan fingerprint density at radius 2 is 2.03 bits per heavy atom. The molecule has 32 heavy (non-hydrogen) atoms. The lowest BCUT2D eigenvalue weighted by atomic mass is 9.58. The van der Waals surface area contributed by atoms with Gasteiger partial charge in [0.2, 0.25) is 5.91 Å². The van der Waals surface area contributed by atoms with E-state index in [-0.39, 0.29) is 17.2 Å². The Hall–Kier alpha value is -3.06. The number of nitrogens with two attached hydrogens (primary N) is 1. The van der Waals surface area contributed by atoms with Crippen molar-refractivity contribution in [1.29, 1.82) is 0 Å². The Morgan fingerprint density at radius 3 is 2.75 bits per heavy atom. The van der Waals surface area contributed by atoms with Gasteiger partial charge in [0, 0.05) is 46.4 Å². The molecule has 164 valence electrons. The monoisotopic (exact) mass is 429 g/mol. The van der Waals surface area contributed by atoms with Crippen molar-refractivity contribution in [1.82, 2.24) is 15.0 Å². The number of carbonyl (C=O) groups is 1. The number of aliphatic hydroxyl groups excluding tert-OH is 1. The zero-order valence-corrected chi connectivity index (χ0v) is 18.1. The highest BCUT2D eigenvalue weighted by Crippen LogP contribution is 2.57. The van der Waals surface area contributed by atoms with Crippen molar-refractivity contribution in [3.63, 3.8) is 0 Å². The number of aliphatic hydroxyl groups is 1. The molecule has 4 N–H and O–H groups in total. The minimum Gasteiger partial charge on any atom is -0.388 e. The Bertz CT molecular complexity index is 1250. The summed E-state index contributed by atoms with van der Waals surface area (Å²) in [6, 6.07) is 3.82. The highest BCUT2D eigenvalue weighted by atomic mass is 16.3. The summed E-state index contributed by atoms with van der Waals surface area (Å²) in [5.74, 6) is 1.45. The molecule has 6 rings (SSSR count). The van der Waals surface area contributed by atoms with Crippen molar-refractivity contribution in [2.75, 3.05) is 11.1 Å². The molecule has 0 aliphatic heterocycles. The molecule has 3 aliphatic carbocycles. The van der Waals surface area contributed by atoms with Gasteiger partial charge in [-0.25, -0.2) is 9.97 Å². The van der Waals surface area contributed by atoms with Gasteiger partial charge in [-0.2, -0.15) is 0 Å². The van der Waals surface area contributed by atoms with Gasteiger partial charge in [0.05, 0.1) is 11.8 Å². The smallest absolute Gasteiger partial charge is 0.228 e. The summed E-state index contributed by atoms with van der Waals surface area (Å²) < 4.78 is 0. The molecule has 1 unspecified atom stereocenters. The first-order valence-corrected chi connectivity index (χ1v) is 11.5. The summed E-state index contributed by atoms with van der Waals surface area (Å²) in [5.41, 5.74) is 10.0. The Balaban J connectivity index is 1.39. The van der Waals surface area contributed by atoms with E-state index in [0.717, 1.165) is 65.3 Å². The second kappa shape index (κ2) is 6.97. The van der Waals surface area contributed by atoms with Crippen molar-refractivity contribution >= 4 is 28.3 Å². The number of fused-ring (bicyclic) bond motifs is 2. The van der Waals surface area contributed by atoms with Crippen LogP contribution in [0.15, 0.2) is 30.7 Å². The van der Waals surface area contributed by atoms with Crippen molar-refractivity contribution in [3.8, 4) is 11.3 Å². The summed E-state index contributed by atoms with van der Waals surface area (Å²) in [5, 5.41) is 15.6. The average Bonchev–Trinajstić information content (AvgIpc) is 3.49. The third-order valence-corrected chi connectivity index (χ3v) is 7.91. The molecule has 2 fully saturated rings. The fourth-order valence-electron chi connectivity index (χ4n) is 5.52. The van der Waals surface area contributed by atoms with E-state index in [1.54, 1.807) is 6.20 Å². The number of amides is 1. The van der Waals surface area contributed by atoms with Crippen molar-refractivity contribution < 1.29 is 9.90 Å². The number of nitrogen functional groups attached to an aromatic ring is 1. The lowest BCUT2D eigenvalue weighted by Crippen LogP contribution is -2.39. The Labute approximate surface area is 186 Å². The van der Waals surface area contributed by atoms with Crippen LogP contribution in [0.25, 0.3) is 22.0 Å². The van der Waals surface area contributed by atoms with Gasteiger partial charge in [0.15, 0.2) is 0 Å². The van der Waals surface area contributed by atoms with Crippen LogP contribution in [-0.4, -0.2) is 26.0 Å². The van der Waals surface area contributed by atoms with E-state index in [1.165, 1.54) is 6.42 Å². The molecule has 1 spiro atoms. The molecule has 0 bridgehead atoms. The van der Waals surface area contributed by atoms with Crippen LogP contribution in [0, 0.1) is 17.3 Å². The van der Waals surface area contributed by atoms with Crippen molar-refractivity contribution in [3.05, 3.63) is 41.9 Å². The molecular formula is C25H27N5O2. The van der Waals surface area contributed by atoms with Crippen LogP contribution >= 0.6 is 0 Å². The van der Waals surface area contributed by atoms with E-state index < -0.39 is 6.10 Å². The lowest BCUT2D eigenvalue weighted by Gasteiger charge is -2.49. The maximum Gasteiger partial charge on any atom is 0.228 e. The SMILES string of the molecule is C[C@@H]1C[C@H]1C(=O)Nc1cc2cc(-c3cncc4c3CCC3(CCC3)C4O)nc(N)c2cn1. The summed E-state index contributed by atoms with van der Waals surface area (Å²) in [4.78, 5) is 25.8. The maximum atomic E-state index is 12.3. The molecule has 3 atom stereocenters. The van der Waals surface area contributed by atoms with E-state index in [1.807, 2.05) is 24.5 Å². The Morgan fingerprint density at radius 1 is 1.22 bits per heavy atom. The van der Waals surface area contributed by atoms with Gasteiger partial charge in [0.1, 0.15) is 11.6 Å². The van der Waals surface area contributed by atoms with Crippen LogP contribution in [0.5, 0.6) is 0 Å². The second-order valence-corrected chi connectivity index (χ2v) is 9.87. The van der Waals surface area contributed by atoms with Gasteiger partial charge >= 0.3 is 0 Å². The first-order valence-electron chi connectivity index (χ1n) is 11.5. The number of rotatable bonds is 3. The van der Waals surface area contributed by atoms with Crippen LogP contribution in [-0.2, 0) is 11.2 Å². The quantitative estimate of drug-likeness (QED) is 0.579. The predicted molar refractivity (Wildman–Crippen MR) is 123 cm³/mol. The Kier molecular flexibility index (Phi) is 4.27. The van der Waals surface area contributed by atoms with E-state index in [4.69, 9.17) is 5.73 Å². The van der Waals surface area contributed by atoms with Gasteiger partial charge in [-0.05, 0) is 61.1 Å². The fourth-order valence-corrected chi connectivity index (χ4v) is 5.52. The van der Waals surface area contributed by atoms with E-state index in [9.17, 15) is 9.90 Å². The average molecular weight is 430 g/mol. The molecule has 0 saturated heterocycles. The summed E-state index contributed by atoms with van der Waals surface area (Å²) >= 11 is 0. The molecular weight excluding hydrogens is 402 g/mol. The topological polar surface area (TPSA) is 114 Å². The third kappa shape index (κ3) is 2.98. The minimum atomic E-state index is -0.471. The van der Waals surface area contributed by atoms with Crippen LogP contribution in [0.3, 0.4) is 0 Å². The van der Waals surface area contributed by atoms with Crippen LogP contribution < -0.4 is 11.1 Å². The number of nitrogens with zero attached hydrogens (tertiary/aromatic N) is 3. The molecule has 7 heteroatoms. The molecule has 3 aliphatic rings. The number of aromatic nitrogens is 3. The molecule has 7 nitrogen and oxygen atoms in total. The standard InChI is InChI=1S/C25H27N5O2/c1-13-7-16(13)24(32)30-21-9-14-8-20(29-23(26)17(14)12-28-21)18-10-27-11-19-15(18)3-6-25(22(19)31)4-2-5-25/h8-13,16,22,31H,2-7H2,1H3,(H2,26,29)(H,28,30,32)/t13-,16-,22?/m1/s1. The highest BCUT2D eigenvalue weighted by Gasteiger charge is 2.47. The fraction of sp³-hybridized carbons (Fsp3) is 0.440. The van der Waals surface area contributed by atoms with Crippen LogP contribution in [0.4, 0.5) is 11.6 Å². The number of anilines is 2. The van der Waals surface area contributed by atoms with Crippen molar-refractivity contribution in [2.45, 2.75) is 51.6 Å². The molecule has 3 aromatic heterocycles. The van der Waals surface area contributed by atoms with E-state index >= 15 is 0 Å². The summed E-state index contributed by atoms with van der Waals surface area (Å²) in [6.07, 6.45) is 11.0. The largest absolute Gasteiger partial charge is 0.388 e. The lowest BCUT2D eigenvalue weighted by molar-refractivity contribution is -0.117. The first kappa shape index (κ1) is 19.6. The number of hydrogen-bond donors (Lipinski definition) is 3. The minimum absolute atomic E-state index is 0.0202. The molecule has 2 saturated carbocycles. The van der Waals surface area contributed by atoms with Gasteiger partial charge in [0.25, 0.3) is 0 Å². The normalized spacial score (nSPS) is 25.2. The predicted octanol–water partition coefficient (Wildman–Crippen LogP) is 4.02. The molecule has 3 aromatic rings. The van der Waals surface area contributed by atoms with E-state index in [0.29, 0.717) is 17.6 Å². The molecule has 0 aromatic carbocycles. The van der Waals surface area contributed by atoms with Crippen LogP contribution in [0.1, 0.15) is 56.3 Å². The summed E-state index contributed by atoms with van der Waals surface area (Å²) in [7, 11) is 0. The number of carbonyl (C=O) groups excluding carboxylic acids is 1. The van der Waals surface area contributed by atoms with Gasteiger partial charge in [-0.1, -0.05) is 13.3 Å². The third-order valence-electron chi connectivity index (χ3n) is 7.91. The zero-order chi connectivity index (χ0) is 22.0. The molecule has 0 radical (unpaired) electrons. The number of nitrogens with one attached hydrogen (secondary N) is 1. The van der Waals surface area contributed by atoms with Gasteiger partial charge in [-0.15, -0.1) is 0 Å².